The third-order valence-corrected chi connectivity index (χ3v) is 5.63. The number of aromatic nitrogens is 2. The van der Waals surface area contributed by atoms with Crippen LogP contribution in [-0.4, -0.2) is 22.3 Å². The molecule has 0 saturated heterocycles. The number of nitrogens with one attached hydrogen (secondary N) is 1. The first-order valence-corrected chi connectivity index (χ1v) is 9.97. The average Bonchev–Trinajstić information content (AvgIpc) is 3.26. The summed E-state index contributed by atoms with van der Waals surface area (Å²) in [6, 6.07) is 4.55. The molecule has 0 saturated carbocycles. The normalized spacial score (nSPS) is 15.2. The number of nitrogens with zero attached hydrogens (tertiary/aromatic N) is 2. The van der Waals surface area contributed by atoms with Crippen LogP contribution in [-0.2, 0) is 29.0 Å². The number of fused-ring (bicyclic) bond motifs is 1. The van der Waals surface area contributed by atoms with Crippen LogP contribution in [0, 0.1) is 0 Å². The van der Waals surface area contributed by atoms with Crippen LogP contribution in [0.15, 0.2) is 17.5 Å². The van der Waals surface area contributed by atoms with Crippen molar-refractivity contribution in [2.24, 2.45) is 0 Å². The van der Waals surface area contributed by atoms with Gasteiger partial charge in [0.05, 0.1) is 24.9 Å². The molecule has 1 atom stereocenters. The fourth-order valence-electron chi connectivity index (χ4n) is 3.32. The van der Waals surface area contributed by atoms with Gasteiger partial charge in [0.25, 0.3) is 0 Å². The average molecular weight is 362 g/mol. The molecule has 1 N–H and O–H groups in total. The molecule has 1 aliphatic rings. The summed E-state index contributed by atoms with van der Waals surface area (Å²) in [6.45, 7) is 7.76. The molecule has 5 nitrogen and oxygen atoms in total. The molecule has 0 fully saturated rings. The van der Waals surface area contributed by atoms with Gasteiger partial charge < -0.3 is 10.1 Å². The molecule has 25 heavy (non-hydrogen) atoms. The Morgan fingerprint density at radius 2 is 2.32 bits per heavy atom. The van der Waals surface area contributed by atoms with E-state index in [0.717, 1.165) is 25.1 Å². The highest BCUT2D eigenvalue weighted by Gasteiger charge is 2.23. The van der Waals surface area contributed by atoms with Gasteiger partial charge in [0.15, 0.2) is 0 Å². The number of amides is 1. The molecule has 2 aromatic heterocycles. The van der Waals surface area contributed by atoms with Gasteiger partial charge in [-0.05, 0) is 31.7 Å². The number of hydrogen-bond acceptors (Lipinski definition) is 4. The van der Waals surface area contributed by atoms with Crippen LogP contribution in [0.5, 0.6) is 0 Å². The highest BCUT2D eigenvalue weighted by atomic mass is 32.1. The van der Waals surface area contributed by atoms with E-state index in [1.165, 1.54) is 16.1 Å². The maximum Gasteiger partial charge on any atom is 0.220 e. The molecule has 0 radical (unpaired) electrons. The lowest BCUT2D eigenvalue weighted by Crippen LogP contribution is -2.27. The highest BCUT2D eigenvalue weighted by Crippen LogP contribution is 2.25. The van der Waals surface area contributed by atoms with Gasteiger partial charge in [-0.2, -0.15) is 5.10 Å². The lowest BCUT2D eigenvalue weighted by molar-refractivity contribution is -0.121. The Morgan fingerprint density at radius 1 is 1.48 bits per heavy atom. The zero-order valence-corrected chi connectivity index (χ0v) is 16.1. The minimum absolute atomic E-state index is 0.0878. The van der Waals surface area contributed by atoms with E-state index >= 15 is 0 Å². The molecular weight excluding hydrogens is 334 g/mol. The Labute approximate surface area is 153 Å². The van der Waals surface area contributed by atoms with Gasteiger partial charge in [-0.25, -0.2) is 0 Å². The summed E-state index contributed by atoms with van der Waals surface area (Å²) in [7, 11) is 0. The van der Waals surface area contributed by atoms with Crippen molar-refractivity contribution in [2.75, 3.05) is 6.61 Å². The summed E-state index contributed by atoms with van der Waals surface area (Å²) in [5, 5.41) is 9.98. The molecule has 136 valence electrons. The molecule has 0 spiro atoms. The maximum absolute atomic E-state index is 12.4. The third kappa shape index (κ3) is 4.12. The van der Waals surface area contributed by atoms with E-state index in [-0.39, 0.29) is 11.9 Å². The topological polar surface area (TPSA) is 56.2 Å². The van der Waals surface area contributed by atoms with E-state index < -0.39 is 0 Å². The van der Waals surface area contributed by atoms with Crippen LogP contribution in [0.25, 0.3) is 0 Å². The number of ether oxygens (including phenoxy) is 1. The van der Waals surface area contributed by atoms with E-state index in [2.05, 4.69) is 42.2 Å². The number of carbonyl (C=O) groups is 1. The molecule has 1 unspecified atom stereocenters. The Balaban J connectivity index is 1.64. The summed E-state index contributed by atoms with van der Waals surface area (Å²) in [5.74, 6) is 0.0878. The van der Waals surface area contributed by atoms with Crippen LogP contribution in [0.4, 0.5) is 0 Å². The van der Waals surface area contributed by atoms with Crippen molar-refractivity contribution in [3.8, 4) is 0 Å². The second-order valence-electron chi connectivity index (χ2n) is 6.76. The molecule has 6 heteroatoms. The van der Waals surface area contributed by atoms with E-state index in [1.54, 1.807) is 11.3 Å². The second-order valence-corrected chi connectivity index (χ2v) is 7.74. The molecule has 1 amide bonds. The lowest BCUT2D eigenvalue weighted by atomic mass is 10.1. The highest BCUT2D eigenvalue weighted by molar-refractivity contribution is 7.10. The van der Waals surface area contributed by atoms with Crippen LogP contribution in [0.2, 0.25) is 0 Å². The molecule has 3 heterocycles. The minimum Gasteiger partial charge on any atom is -0.376 e. The fourth-order valence-corrected chi connectivity index (χ4v) is 4.18. The summed E-state index contributed by atoms with van der Waals surface area (Å²) >= 11 is 1.69. The van der Waals surface area contributed by atoms with Crippen molar-refractivity contribution in [3.05, 3.63) is 39.3 Å². The summed E-state index contributed by atoms with van der Waals surface area (Å²) in [4.78, 5) is 13.6. The molecule has 0 aromatic carbocycles. The van der Waals surface area contributed by atoms with Crippen molar-refractivity contribution >= 4 is 17.2 Å². The molecular formula is C19H27N3O2S. The van der Waals surface area contributed by atoms with E-state index in [0.29, 0.717) is 25.5 Å². The molecule has 2 aromatic rings. The van der Waals surface area contributed by atoms with Crippen LogP contribution in [0.1, 0.15) is 67.5 Å². The maximum atomic E-state index is 12.4. The Hall–Kier alpha value is -1.66. The second kappa shape index (κ2) is 8.15. The third-order valence-electron chi connectivity index (χ3n) is 4.64. The van der Waals surface area contributed by atoms with Crippen LogP contribution >= 0.6 is 11.3 Å². The smallest absolute Gasteiger partial charge is 0.220 e. The zero-order valence-electron chi connectivity index (χ0n) is 15.2. The predicted molar refractivity (Wildman–Crippen MR) is 99.8 cm³/mol. The van der Waals surface area contributed by atoms with E-state index in [9.17, 15) is 4.79 Å². The van der Waals surface area contributed by atoms with Crippen molar-refractivity contribution in [2.45, 2.75) is 65.1 Å². The first-order chi connectivity index (χ1) is 12.1. The van der Waals surface area contributed by atoms with Crippen LogP contribution in [0.3, 0.4) is 0 Å². The van der Waals surface area contributed by atoms with E-state index in [4.69, 9.17) is 9.84 Å². The Morgan fingerprint density at radius 3 is 3.00 bits per heavy atom. The van der Waals surface area contributed by atoms with Gasteiger partial charge in [-0.1, -0.05) is 13.0 Å². The van der Waals surface area contributed by atoms with Gasteiger partial charge in [0.1, 0.15) is 0 Å². The van der Waals surface area contributed by atoms with Gasteiger partial charge in [-0.15, -0.1) is 11.3 Å². The minimum atomic E-state index is 0.0878. The quantitative estimate of drug-likeness (QED) is 0.816. The standard InChI is InChI=1S/C19H27N3O2S/c1-4-15(18-6-5-11-25-18)20-19(23)8-7-16-14-12-24-10-9-17(14)22(21-16)13(2)3/h5-6,11,13,15H,4,7-10,12H2,1-3H3,(H,20,23). The first kappa shape index (κ1) is 18.1. The summed E-state index contributed by atoms with van der Waals surface area (Å²) < 4.78 is 7.72. The predicted octanol–water partition coefficient (Wildman–Crippen LogP) is 3.80. The monoisotopic (exact) mass is 361 g/mol. The van der Waals surface area contributed by atoms with Gasteiger partial charge >= 0.3 is 0 Å². The van der Waals surface area contributed by atoms with Gasteiger partial charge in [0, 0.05) is 41.4 Å². The first-order valence-electron chi connectivity index (χ1n) is 9.09. The molecule has 3 rings (SSSR count). The van der Waals surface area contributed by atoms with Crippen molar-refractivity contribution in [1.82, 2.24) is 15.1 Å². The number of aryl methyl sites for hydroxylation is 1. The number of thiophene rings is 1. The molecule has 0 aliphatic carbocycles. The largest absolute Gasteiger partial charge is 0.376 e. The summed E-state index contributed by atoms with van der Waals surface area (Å²) in [6.07, 6.45) is 2.93. The Kier molecular flexibility index (Phi) is 5.91. The van der Waals surface area contributed by atoms with Crippen molar-refractivity contribution < 1.29 is 9.53 Å². The fraction of sp³-hybridized carbons (Fsp3) is 0.579. The molecule has 1 aliphatic heterocycles. The number of hydrogen-bond donors (Lipinski definition) is 1. The van der Waals surface area contributed by atoms with Crippen molar-refractivity contribution in [1.29, 1.82) is 0 Å². The van der Waals surface area contributed by atoms with Crippen LogP contribution < -0.4 is 5.32 Å². The number of rotatable bonds is 7. The van der Waals surface area contributed by atoms with Gasteiger partial charge in [-0.3, -0.25) is 9.48 Å². The van der Waals surface area contributed by atoms with Gasteiger partial charge in [0.2, 0.25) is 5.91 Å². The lowest BCUT2D eigenvalue weighted by Gasteiger charge is -2.17. The SMILES string of the molecule is CCC(NC(=O)CCc1nn(C(C)C)c2c1COCC2)c1cccs1. The van der Waals surface area contributed by atoms with Crippen molar-refractivity contribution in [3.63, 3.8) is 0 Å². The Bertz CT molecular complexity index is 707. The zero-order chi connectivity index (χ0) is 17.8. The number of carbonyl (C=O) groups excluding carboxylic acids is 1. The summed E-state index contributed by atoms with van der Waals surface area (Å²) in [5.41, 5.74) is 3.49. The molecule has 0 bridgehead atoms. The van der Waals surface area contributed by atoms with E-state index in [1.807, 2.05) is 6.07 Å².